The van der Waals surface area contributed by atoms with Crippen LogP contribution >= 0.6 is 0 Å². The van der Waals surface area contributed by atoms with Crippen molar-refractivity contribution in [3.05, 3.63) is 249 Å². The van der Waals surface area contributed by atoms with Crippen LogP contribution in [0.3, 0.4) is 0 Å². The van der Waals surface area contributed by atoms with Crippen LogP contribution in [0.15, 0.2) is 253 Å². The van der Waals surface area contributed by atoms with E-state index in [2.05, 4.69) is 234 Å². The van der Waals surface area contributed by atoms with E-state index in [1.165, 1.54) is 32.7 Å². The van der Waals surface area contributed by atoms with Crippen molar-refractivity contribution in [3.63, 3.8) is 0 Å². The molecule has 0 N–H and O–H groups in total. The fraction of sp³-hybridized carbons (Fsp3) is 0. The average molecular weight is 932 g/mol. The number of hydrogen-bond acceptors (Lipinski definition) is 4. The van der Waals surface area contributed by atoms with Gasteiger partial charge in [-0.15, -0.1) is 0 Å². The Morgan fingerprint density at radius 1 is 0.288 bits per heavy atom. The van der Waals surface area contributed by atoms with Gasteiger partial charge in [-0.05, 0) is 93.4 Å². The molecule has 0 spiro atoms. The minimum atomic E-state index is 0.527. The zero-order valence-electron chi connectivity index (χ0n) is 39.3. The summed E-state index contributed by atoms with van der Waals surface area (Å²) in [5.41, 5.74) is 15.6. The summed E-state index contributed by atoms with van der Waals surface area (Å²) in [4.78, 5) is 16.0. The highest BCUT2D eigenvalue weighted by Gasteiger charge is 2.24. The molecule has 0 aliphatic rings. The normalized spacial score (nSPS) is 11.8. The Labute approximate surface area is 419 Å². The summed E-state index contributed by atoms with van der Waals surface area (Å²) in [5, 5.41) is 9.07. The van der Waals surface area contributed by atoms with Crippen LogP contribution in [0, 0.1) is 0 Å². The average Bonchev–Trinajstić information content (AvgIpc) is 4.13. The highest BCUT2D eigenvalue weighted by atomic mass is 16.3. The molecule has 0 aliphatic heterocycles. The molecule has 15 rings (SSSR count). The van der Waals surface area contributed by atoms with E-state index in [1.807, 2.05) is 24.3 Å². The number of nitrogens with zero attached hydrogens (tertiary/aromatic N) is 5. The fourth-order valence-corrected chi connectivity index (χ4v) is 11.2. The van der Waals surface area contributed by atoms with Crippen molar-refractivity contribution in [2.45, 2.75) is 0 Å². The lowest BCUT2D eigenvalue weighted by Crippen LogP contribution is -2.06. The summed E-state index contributed by atoms with van der Waals surface area (Å²) in [6.45, 7) is 0. The lowest BCUT2D eigenvalue weighted by molar-refractivity contribution is 0.669. The van der Waals surface area contributed by atoms with Gasteiger partial charge in [0.2, 0.25) is 5.95 Å². The molecule has 11 aromatic carbocycles. The Balaban J connectivity index is 1.01. The van der Waals surface area contributed by atoms with E-state index in [9.17, 15) is 0 Å². The fourth-order valence-electron chi connectivity index (χ4n) is 11.2. The number of fused-ring (bicyclic) bond motifs is 12. The van der Waals surface area contributed by atoms with Crippen LogP contribution in [0.25, 0.3) is 144 Å². The summed E-state index contributed by atoms with van der Waals surface area (Å²) >= 11 is 0. The van der Waals surface area contributed by atoms with Crippen LogP contribution in [0.1, 0.15) is 0 Å². The molecule has 0 aliphatic carbocycles. The molecule has 340 valence electrons. The Morgan fingerprint density at radius 3 is 1.51 bits per heavy atom. The van der Waals surface area contributed by atoms with Gasteiger partial charge in [-0.1, -0.05) is 194 Å². The van der Waals surface area contributed by atoms with E-state index >= 15 is 0 Å². The van der Waals surface area contributed by atoms with E-state index in [1.54, 1.807) is 0 Å². The molecule has 0 saturated heterocycles. The zero-order chi connectivity index (χ0) is 48.0. The van der Waals surface area contributed by atoms with Gasteiger partial charge in [0.15, 0.2) is 11.6 Å². The lowest BCUT2D eigenvalue weighted by Gasteiger charge is -2.15. The molecular formula is C67H41N5O. The molecule has 0 radical (unpaired) electrons. The van der Waals surface area contributed by atoms with E-state index in [4.69, 9.17) is 19.4 Å². The molecule has 0 saturated carbocycles. The minimum absolute atomic E-state index is 0.527. The highest BCUT2D eigenvalue weighted by Crippen LogP contribution is 2.45. The SMILES string of the molecule is c1ccc(-c2ccc(-c3nc(-c4ccc5c(c4)oc4ccccc45)nc(-n4c5ccccc5c5c6c7ccc8ccccc8c7n(-c7cc(-c8ccccc8)cc(-c8ccccc8)c7)c6ccc54)n3)cc2)cc1. The summed E-state index contributed by atoms with van der Waals surface area (Å²) < 4.78 is 11.1. The maximum Gasteiger partial charge on any atom is 0.238 e. The monoisotopic (exact) mass is 931 g/mol. The van der Waals surface area contributed by atoms with E-state index in [0.29, 0.717) is 17.6 Å². The first kappa shape index (κ1) is 40.9. The number of furan rings is 1. The predicted molar refractivity (Wildman–Crippen MR) is 300 cm³/mol. The first-order valence-electron chi connectivity index (χ1n) is 24.7. The molecule has 0 unspecified atom stereocenters. The van der Waals surface area contributed by atoms with Gasteiger partial charge in [-0.3, -0.25) is 4.57 Å². The predicted octanol–water partition coefficient (Wildman–Crippen LogP) is 17.5. The number of hydrogen-bond donors (Lipinski definition) is 0. The van der Waals surface area contributed by atoms with Crippen LogP contribution in [-0.4, -0.2) is 24.1 Å². The zero-order valence-corrected chi connectivity index (χ0v) is 39.3. The Bertz CT molecular complexity index is 4590. The topological polar surface area (TPSA) is 61.7 Å². The van der Waals surface area contributed by atoms with E-state index < -0.39 is 0 Å². The molecule has 0 fully saturated rings. The van der Waals surface area contributed by atoms with Gasteiger partial charge < -0.3 is 8.98 Å². The van der Waals surface area contributed by atoms with Crippen molar-refractivity contribution in [1.82, 2.24) is 24.1 Å². The van der Waals surface area contributed by atoms with Gasteiger partial charge in [0, 0.05) is 54.5 Å². The minimum Gasteiger partial charge on any atom is -0.456 e. The van der Waals surface area contributed by atoms with Crippen molar-refractivity contribution in [2.75, 3.05) is 0 Å². The first-order chi connectivity index (χ1) is 36.2. The van der Waals surface area contributed by atoms with Gasteiger partial charge in [0.1, 0.15) is 11.2 Å². The van der Waals surface area contributed by atoms with Gasteiger partial charge in [-0.25, -0.2) is 4.98 Å². The molecule has 6 nitrogen and oxygen atoms in total. The van der Waals surface area contributed by atoms with Crippen LogP contribution < -0.4 is 0 Å². The molecule has 4 aromatic heterocycles. The van der Waals surface area contributed by atoms with Gasteiger partial charge in [0.25, 0.3) is 0 Å². The van der Waals surface area contributed by atoms with Crippen molar-refractivity contribution >= 4 is 76.3 Å². The van der Waals surface area contributed by atoms with Crippen molar-refractivity contribution in [2.24, 2.45) is 0 Å². The third-order valence-electron chi connectivity index (χ3n) is 14.6. The second kappa shape index (κ2) is 16.3. The Morgan fingerprint density at radius 2 is 0.795 bits per heavy atom. The maximum absolute atomic E-state index is 6.42. The molecule has 15 aromatic rings. The maximum atomic E-state index is 6.42. The largest absolute Gasteiger partial charge is 0.456 e. The second-order valence-electron chi connectivity index (χ2n) is 18.8. The summed E-state index contributed by atoms with van der Waals surface area (Å²) in [6, 6.07) is 88.3. The molecule has 73 heavy (non-hydrogen) atoms. The van der Waals surface area contributed by atoms with Gasteiger partial charge in [0.05, 0.1) is 22.1 Å². The van der Waals surface area contributed by atoms with Crippen molar-refractivity contribution in [1.29, 1.82) is 0 Å². The van der Waals surface area contributed by atoms with Crippen LogP contribution in [0.4, 0.5) is 0 Å². The van der Waals surface area contributed by atoms with Gasteiger partial charge in [-0.2, -0.15) is 9.97 Å². The van der Waals surface area contributed by atoms with Crippen molar-refractivity contribution < 1.29 is 4.42 Å². The van der Waals surface area contributed by atoms with Gasteiger partial charge >= 0.3 is 0 Å². The smallest absolute Gasteiger partial charge is 0.238 e. The third-order valence-corrected chi connectivity index (χ3v) is 14.6. The lowest BCUT2D eigenvalue weighted by atomic mass is 9.98. The Hall–Kier alpha value is -9.91. The number of rotatable bonds is 7. The number of benzene rings is 11. The summed E-state index contributed by atoms with van der Waals surface area (Å²) in [7, 11) is 0. The molecule has 6 heteroatoms. The summed E-state index contributed by atoms with van der Waals surface area (Å²) in [5.74, 6) is 1.66. The second-order valence-corrected chi connectivity index (χ2v) is 18.8. The number of aromatic nitrogens is 5. The van der Waals surface area contributed by atoms with E-state index in [-0.39, 0.29) is 0 Å². The molecule has 4 heterocycles. The molecule has 0 amide bonds. The van der Waals surface area contributed by atoms with Crippen LogP contribution in [0.5, 0.6) is 0 Å². The standard InChI is InChI=1S/C67H41N5O/c1-4-16-42(17-5-1)45-28-30-47(31-29-45)65-68-66(48-33-34-54-53-24-13-15-27-60(53)73-61(54)41-48)70-67(69-65)72-57-26-14-12-25-55(57)62-59(72)37-36-58-63(62)56-35-32-46-22-10-11-23-52(46)64(56)71(58)51-39-49(43-18-6-2-7-19-43)38-50(40-51)44-20-8-3-9-21-44/h1-41H. The Kier molecular flexibility index (Phi) is 9.16. The molecule has 0 atom stereocenters. The molecule has 0 bridgehead atoms. The number of para-hydroxylation sites is 2. The quantitative estimate of drug-likeness (QED) is 0.160. The van der Waals surface area contributed by atoms with Crippen LogP contribution in [-0.2, 0) is 0 Å². The van der Waals surface area contributed by atoms with E-state index in [0.717, 1.165) is 93.8 Å². The van der Waals surface area contributed by atoms with Crippen molar-refractivity contribution in [3.8, 4) is 67.8 Å². The van der Waals surface area contributed by atoms with Crippen LogP contribution in [0.2, 0.25) is 0 Å². The summed E-state index contributed by atoms with van der Waals surface area (Å²) in [6.07, 6.45) is 0. The third kappa shape index (κ3) is 6.62. The molecular weight excluding hydrogens is 891 g/mol. The first-order valence-corrected chi connectivity index (χ1v) is 24.7. The highest BCUT2D eigenvalue weighted by molar-refractivity contribution is 6.31.